The number of carboxylic acids is 1. The molecule has 424 valence electrons. The fourth-order valence-electron chi connectivity index (χ4n) is 9.04. The predicted molar refractivity (Wildman–Crippen MR) is 294 cm³/mol. The molecule has 1 heterocycles. The summed E-state index contributed by atoms with van der Waals surface area (Å²) >= 11 is 0. The summed E-state index contributed by atoms with van der Waals surface area (Å²) in [5, 5.41) is 31.5. The summed E-state index contributed by atoms with van der Waals surface area (Å²) in [6.07, 6.45) is 45.4. The van der Waals surface area contributed by atoms with Crippen LogP contribution >= 0.6 is 0 Å². The zero-order valence-electron chi connectivity index (χ0n) is 46.6. The van der Waals surface area contributed by atoms with Crippen molar-refractivity contribution in [1.82, 2.24) is 0 Å². The molecule has 1 fully saturated rings. The number of aliphatic hydroxyl groups excluding tert-OH is 2. The van der Waals surface area contributed by atoms with E-state index in [4.69, 9.17) is 23.7 Å². The van der Waals surface area contributed by atoms with Gasteiger partial charge in [-0.3, -0.25) is 14.4 Å². The minimum atomic E-state index is -1.91. The Bertz CT molecular complexity index is 1410. The third kappa shape index (κ3) is 39.9. The van der Waals surface area contributed by atoms with E-state index >= 15 is 0 Å². The monoisotopic (exact) mass is 1030 g/mol. The van der Waals surface area contributed by atoms with Gasteiger partial charge < -0.3 is 39.0 Å². The van der Waals surface area contributed by atoms with Crippen LogP contribution in [0, 0.1) is 0 Å². The number of allylic oxidation sites excluding steroid dienone is 6. The smallest absolute Gasteiger partial charge is 0.335 e. The van der Waals surface area contributed by atoms with Crippen molar-refractivity contribution in [3.63, 3.8) is 0 Å². The van der Waals surface area contributed by atoms with Crippen molar-refractivity contribution in [2.75, 3.05) is 13.2 Å². The van der Waals surface area contributed by atoms with Gasteiger partial charge >= 0.3 is 23.9 Å². The van der Waals surface area contributed by atoms with Gasteiger partial charge in [0.15, 0.2) is 24.6 Å². The molecule has 1 saturated heterocycles. The SMILES string of the molecule is CCCCC/C=C\C/C=C\CCCCCCCC(=O)OC1C(OCC(COC(=O)CCCCCCC/C=C\CCCCCCCC)OC(=O)CCCCCCCCCCCCCCC)OC(C(=O)O)C(O)C1O. The maximum atomic E-state index is 13.1. The Balaban J connectivity index is 2.69. The Morgan fingerprint density at radius 3 is 1.27 bits per heavy atom. The van der Waals surface area contributed by atoms with Gasteiger partial charge in [-0.2, -0.15) is 0 Å². The first-order valence-electron chi connectivity index (χ1n) is 30.0. The van der Waals surface area contributed by atoms with Crippen LogP contribution in [0.5, 0.6) is 0 Å². The molecule has 0 spiro atoms. The highest BCUT2D eigenvalue weighted by Crippen LogP contribution is 2.26. The van der Waals surface area contributed by atoms with Crippen LogP contribution in [0.15, 0.2) is 36.5 Å². The number of carboxylic acid groups (broad SMARTS) is 1. The number of carbonyl (C=O) groups excluding carboxylic acids is 3. The van der Waals surface area contributed by atoms with Gasteiger partial charge in [0.1, 0.15) is 18.8 Å². The molecule has 1 aliphatic heterocycles. The van der Waals surface area contributed by atoms with Crippen LogP contribution in [0.1, 0.15) is 278 Å². The molecule has 0 radical (unpaired) electrons. The number of rotatable bonds is 51. The summed E-state index contributed by atoms with van der Waals surface area (Å²) in [5.41, 5.74) is 0. The number of ether oxygens (including phenoxy) is 5. The van der Waals surface area contributed by atoms with Gasteiger partial charge in [0.25, 0.3) is 0 Å². The van der Waals surface area contributed by atoms with Crippen molar-refractivity contribution in [1.29, 1.82) is 0 Å². The van der Waals surface area contributed by atoms with Gasteiger partial charge in [0.2, 0.25) is 0 Å². The van der Waals surface area contributed by atoms with Gasteiger partial charge in [0.05, 0.1) is 6.61 Å². The lowest BCUT2D eigenvalue weighted by molar-refractivity contribution is -0.301. The topological polar surface area (TPSA) is 175 Å². The lowest BCUT2D eigenvalue weighted by Crippen LogP contribution is -2.61. The van der Waals surface area contributed by atoms with Gasteiger partial charge in [-0.15, -0.1) is 0 Å². The van der Waals surface area contributed by atoms with Crippen molar-refractivity contribution in [3.8, 4) is 0 Å². The van der Waals surface area contributed by atoms with E-state index in [1.807, 2.05) is 0 Å². The maximum Gasteiger partial charge on any atom is 0.335 e. The molecule has 0 aromatic rings. The van der Waals surface area contributed by atoms with E-state index in [1.165, 1.54) is 116 Å². The van der Waals surface area contributed by atoms with Crippen LogP contribution in [0.25, 0.3) is 0 Å². The van der Waals surface area contributed by atoms with Crippen molar-refractivity contribution in [2.45, 2.75) is 314 Å². The normalized spacial score (nSPS) is 18.5. The standard InChI is InChI=1S/C61H108O12/c1-4-7-10-13-16-19-22-25-27-30-32-35-38-41-44-47-53(62)69-50-52(71-54(63)48-45-42-39-36-33-29-24-21-18-15-12-9-6-3)51-70-61-59(57(66)56(65)58(73-61)60(67)68)72-55(64)49-46-43-40-37-34-31-28-26-23-20-17-14-11-8-5-2/h17,20,25-28,52,56-59,61,65-66H,4-16,18-19,21-24,29-51H2,1-3H3,(H,67,68)/b20-17-,27-25-,28-26-. The number of aliphatic carboxylic acids is 1. The Morgan fingerprint density at radius 2 is 0.822 bits per heavy atom. The first-order chi connectivity index (χ1) is 35.6. The maximum absolute atomic E-state index is 13.1. The van der Waals surface area contributed by atoms with Gasteiger partial charge in [-0.25, -0.2) is 4.79 Å². The number of esters is 3. The molecular formula is C61H108O12. The fourth-order valence-corrected chi connectivity index (χ4v) is 9.04. The van der Waals surface area contributed by atoms with Crippen LogP contribution in [0.3, 0.4) is 0 Å². The van der Waals surface area contributed by atoms with Crippen LogP contribution in [0.2, 0.25) is 0 Å². The quantitative estimate of drug-likeness (QED) is 0.0228. The van der Waals surface area contributed by atoms with Crippen LogP contribution in [-0.4, -0.2) is 89.2 Å². The zero-order chi connectivity index (χ0) is 53.3. The summed E-state index contributed by atoms with van der Waals surface area (Å²) in [4.78, 5) is 51.1. The largest absolute Gasteiger partial charge is 0.479 e. The molecule has 3 N–H and O–H groups in total. The summed E-state index contributed by atoms with van der Waals surface area (Å²) in [5.74, 6) is -3.12. The molecular weight excluding hydrogens is 925 g/mol. The second-order valence-electron chi connectivity index (χ2n) is 20.6. The van der Waals surface area contributed by atoms with Gasteiger partial charge in [0, 0.05) is 19.3 Å². The lowest BCUT2D eigenvalue weighted by atomic mass is 9.98. The highest BCUT2D eigenvalue weighted by Gasteiger charge is 2.50. The van der Waals surface area contributed by atoms with Crippen LogP contribution < -0.4 is 0 Å². The molecule has 0 aromatic carbocycles. The molecule has 0 aliphatic carbocycles. The van der Waals surface area contributed by atoms with E-state index in [0.717, 1.165) is 103 Å². The van der Waals surface area contributed by atoms with E-state index in [-0.39, 0.29) is 25.9 Å². The zero-order valence-corrected chi connectivity index (χ0v) is 46.6. The van der Waals surface area contributed by atoms with Crippen molar-refractivity contribution in [2.24, 2.45) is 0 Å². The molecule has 73 heavy (non-hydrogen) atoms. The second kappa shape index (κ2) is 49.8. The molecule has 12 nitrogen and oxygen atoms in total. The van der Waals surface area contributed by atoms with Crippen molar-refractivity contribution >= 4 is 23.9 Å². The second-order valence-corrected chi connectivity index (χ2v) is 20.6. The molecule has 0 amide bonds. The number of hydrogen-bond donors (Lipinski definition) is 3. The summed E-state index contributed by atoms with van der Waals surface area (Å²) in [6, 6.07) is 0. The van der Waals surface area contributed by atoms with Crippen molar-refractivity contribution < 1.29 is 58.2 Å². The molecule has 1 rings (SSSR count). The molecule has 1 aliphatic rings. The van der Waals surface area contributed by atoms with Gasteiger partial charge in [-0.1, -0.05) is 218 Å². The van der Waals surface area contributed by atoms with Crippen LogP contribution in [0.4, 0.5) is 0 Å². The number of aliphatic hydroxyl groups is 2. The molecule has 12 heteroatoms. The Morgan fingerprint density at radius 1 is 0.452 bits per heavy atom. The fraction of sp³-hybridized carbons (Fsp3) is 0.836. The number of carbonyl (C=O) groups is 4. The van der Waals surface area contributed by atoms with E-state index in [9.17, 15) is 34.5 Å². The summed E-state index contributed by atoms with van der Waals surface area (Å²) < 4.78 is 28.4. The predicted octanol–water partition coefficient (Wildman–Crippen LogP) is 15.2. The van der Waals surface area contributed by atoms with E-state index < -0.39 is 67.3 Å². The minimum Gasteiger partial charge on any atom is -0.479 e. The van der Waals surface area contributed by atoms with E-state index in [0.29, 0.717) is 19.3 Å². The van der Waals surface area contributed by atoms with Crippen molar-refractivity contribution in [3.05, 3.63) is 36.5 Å². The highest BCUT2D eigenvalue weighted by molar-refractivity contribution is 5.74. The lowest BCUT2D eigenvalue weighted by Gasteiger charge is -2.40. The summed E-state index contributed by atoms with van der Waals surface area (Å²) in [7, 11) is 0. The highest BCUT2D eigenvalue weighted by atomic mass is 16.7. The number of hydrogen-bond acceptors (Lipinski definition) is 11. The molecule has 6 unspecified atom stereocenters. The van der Waals surface area contributed by atoms with E-state index in [1.54, 1.807) is 0 Å². The Hall–Kier alpha value is -3.06. The average Bonchev–Trinajstić information content (AvgIpc) is 3.37. The molecule has 0 bridgehead atoms. The number of unbranched alkanes of at least 4 members (excludes halogenated alkanes) is 31. The van der Waals surface area contributed by atoms with Crippen LogP contribution in [-0.2, 0) is 42.9 Å². The first-order valence-corrected chi connectivity index (χ1v) is 30.0. The summed E-state index contributed by atoms with van der Waals surface area (Å²) in [6.45, 7) is 5.96. The first kappa shape index (κ1) is 68.0. The van der Waals surface area contributed by atoms with E-state index in [2.05, 4.69) is 57.2 Å². The molecule has 6 atom stereocenters. The minimum absolute atomic E-state index is 0.0466. The Kier molecular flexibility index (Phi) is 46.4. The average molecular weight is 1030 g/mol. The van der Waals surface area contributed by atoms with Gasteiger partial charge in [-0.05, 0) is 77.0 Å². The third-order valence-electron chi connectivity index (χ3n) is 13.7. The molecule has 0 aromatic heterocycles. The third-order valence-corrected chi connectivity index (χ3v) is 13.7. The molecule has 0 saturated carbocycles. The Labute approximate surface area is 444 Å².